The summed E-state index contributed by atoms with van der Waals surface area (Å²) >= 11 is 0. The van der Waals surface area contributed by atoms with Gasteiger partial charge in [-0.25, -0.2) is 0 Å². The monoisotopic (exact) mass is 462 g/mol. The number of aryl methyl sites for hydroxylation is 1. The van der Waals surface area contributed by atoms with Crippen LogP contribution in [0.1, 0.15) is 46.8 Å². The number of carboxylic acids is 1. The predicted molar refractivity (Wildman–Crippen MR) is 134 cm³/mol. The minimum Gasteiger partial charge on any atom is -0.496 e. The molecule has 0 spiro atoms. The normalized spacial score (nSPS) is 12.7. The third kappa shape index (κ3) is 6.84. The quantitative estimate of drug-likeness (QED) is 0.369. The van der Waals surface area contributed by atoms with Crippen molar-refractivity contribution in [3.05, 3.63) is 94.5 Å². The lowest BCUT2D eigenvalue weighted by atomic mass is 9.85. The number of carboxylic acid groups (broad SMARTS) is 1. The number of carbonyl (C=O) groups is 1. The van der Waals surface area contributed by atoms with E-state index < -0.39 is 12.1 Å². The van der Waals surface area contributed by atoms with Crippen LogP contribution in [0, 0.1) is 12.8 Å². The van der Waals surface area contributed by atoms with Crippen molar-refractivity contribution in [1.29, 1.82) is 0 Å². The van der Waals surface area contributed by atoms with E-state index >= 15 is 0 Å². The van der Waals surface area contributed by atoms with Crippen LogP contribution in [0.2, 0.25) is 0 Å². The largest absolute Gasteiger partial charge is 0.496 e. The van der Waals surface area contributed by atoms with Crippen LogP contribution < -0.4 is 9.47 Å². The third-order valence-electron chi connectivity index (χ3n) is 6.32. The van der Waals surface area contributed by atoms with Crippen molar-refractivity contribution in [3.8, 4) is 11.5 Å². The van der Waals surface area contributed by atoms with Gasteiger partial charge in [-0.3, -0.25) is 4.79 Å². The Hall–Kier alpha value is -3.31. The fraction of sp³-hybridized carbons (Fsp3) is 0.345. The van der Waals surface area contributed by atoms with E-state index in [1.807, 2.05) is 61.5 Å². The van der Waals surface area contributed by atoms with Crippen LogP contribution in [-0.4, -0.2) is 30.4 Å². The summed E-state index contributed by atoms with van der Waals surface area (Å²) in [4.78, 5) is 11.0. The zero-order valence-electron chi connectivity index (χ0n) is 20.2. The molecule has 0 aromatic heterocycles. The van der Waals surface area contributed by atoms with Gasteiger partial charge < -0.3 is 19.7 Å². The second kappa shape index (κ2) is 12.2. The molecule has 3 rings (SSSR count). The summed E-state index contributed by atoms with van der Waals surface area (Å²) in [5, 5.41) is 20.5. The summed E-state index contributed by atoms with van der Waals surface area (Å²) < 4.78 is 11.0. The number of aliphatic hydroxyl groups is 1. The van der Waals surface area contributed by atoms with Crippen molar-refractivity contribution in [1.82, 2.24) is 0 Å². The molecule has 0 aliphatic heterocycles. The van der Waals surface area contributed by atoms with E-state index in [1.54, 1.807) is 14.2 Å². The van der Waals surface area contributed by atoms with Crippen LogP contribution >= 0.6 is 0 Å². The first-order valence-corrected chi connectivity index (χ1v) is 11.7. The molecule has 5 heteroatoms. The lowest BCUT2D eigenvalue weighted by Crippen LogP contribution is -2.17. The summed E-state index contributed by atoms with van der Waals surface area (Å²) in [5.41, 5.74) is 4.80. The molecule has 0 saturated carbocycles. The highest BCUT2D eigenvalue weighted by Crippen LogP contribution is 2.36. The maximum Gasteiger partial charge on any atom is 0.307 e. The van der Waals surface area contributed by atoms with Gasteiger partial charge in [-0.1, -0.05) is 54.6 Å². The minimum absolute atomic E-state index is 0.00631. The molecule has 0 aliphatic carbocycles. The molecular weight excluding hydrogens is 428 g/mol. The Morgan fingerprint density at radius 1 is 0.882 bits per heavy atom. The first-order valence-electron chi connectivity index (χ1n) is 11.7. The van der Waals surface area contributed by atoms with Crippen molar-refractivity contribution < 1.29 is 24.5 Å². The van der Waals surface area contributed by atoms with Gasteiger partial charge in [0, 0.05) is 5.56 Å². The molecular formula is C29H34O5. The van der Waals surface area contributed by atoms with Crippen molar-refractivity contribution in [2.75, 3.05) is 14.2 Å². The smallest absolute Gasteiger partial charge is 0.307 e. The zero-order valence-corrected chi connectivity index (χ0v) is 20.2. The highest BCUT2D eigenvalue weighted by atomic mass is 16.5. The number of aliphatic hydroxyl groups excluding tert-OH is 1. The van der Waals surface area contributed by atoms with Gasteiger partial charge in [-0.15, -0.1) is 0 Å². The van der Waals surface area contributed by atoms with Crippen molar-refractivity contribution in [2.24, 2.45) is 5.92 Å². The Labute approximate surface area is 202 Å². The first kappa shape index (κ1) is 25.3. The van der Waals surface area contributed by atoms with E-state index in [0.29, 0.717) is 17.9 Å². The Bertz CT molecular complexity index is 1030. The zero-order chi connectivity index (χ0) is 24.5. The van der Waals surface area contributed by atoms with Crippen LogP contribution in [0.3, 0.4) is 0 Å². The van der Waals surface area contributed by atoms with Gasteiger partial charge in [-0.2, -0.15) is 0 Å². The third-order valence-corrected chi connectivity index (χ3v) is 6.32. The Morgan fingerprint density at radius 3 is 2.03 bits per heavy atom. The molecule has 0 heterocycles. The Morgan fingerprint density at radius 2 is 1.47 bits per heavy atom. The van der Waals surface area contributed by atoms with Gasteiger partial charge in [0.2, 0.25) is 0 Å². The van der Waals surface area contributed by atoms with E-state index in [9.17, 15) is 9.90 Å². The van der Waals surface area contributed by atoms with Crippen LogP contribution in [-0.2, 0) is 24.1 Å². The van der Waals surface area contributed by atoms with Gasteiger partial charge in [0.1, 0.15) is 11.5 Å². The van der Waals surface area contributed by atoms with E-state index in [4.69, 9.17) is 14.6 Å². The maximum atomic E-state index is 11.5. The van der Waals surface area contributed by atoms with Crippen LogP contribution in [0.15, 0.2) is 66.7 Å². The molecule has 0 radical (unpaired) electrons. The van der Waals surface area contributed by atoms with E-state index in [1.165, 1.54) is 5.56 Å². The van der Waals surface area contributed by atoms with Crippen LogP contribution in [0.4, 0.5) is 0 Å². The average Bonchev–Trinajstić information content (AvgIpc) is 2.84. The number of hydrogen-bond donors (Lipinski definition) is 2. The molecule has 180 valence electrons. The number of methoxy groups -OCH3 is 2. The lowest BCUT2D eigenvalue weighted by Gasteiger charge is -2.25. The van der Waals surface area contributed by atoms with Gasteiger partial charge in [0.15, 0.2) is 0 Å². The van der Waals surface area contributed by atoms with Crippen LogP contribution in [0.5, 0.6) is 11.5 Å². The number of aliphatic carboxylic acids is 1. The Kier molecular flexibility index (Phi) is 9.11. The molecule has 2 atom stereocenters. The molecule has 3 aromatic carbocycles. The minimum atomic E-state index is -0.843. The fourth-order valence-electron chi connectivity index (χ4n) is 4.40. The Balaban J connectivity index is 1.82. The van der Waals surface area contributed by atoms with Crippen LogP contribution in [0.25, 0.3) is 0 Å². The van der Waals surface area contributed by atoms with Gasteiger partial charge in [0.05, 0.1) is 26.7 Å². The summed E-state index contributed by atoms with van der Waals surface area (Å²) in [6.07, 6.45) is 2.72. The fourth-order valence-corrected chi connectivity index (χ4v) is 4.40. The predicted octanol–water partition coefficient (Wildman–Crippen LogP) is 5.55. The molecule has 0 aliphatic rings. The molecule has 5 nitrogen and oxygen atoms in total. The second-order valence-electron chi connectivity index (χ2n) is 8.72. The van der Waals surface area contributed by atoms with Crippen molar-refractivity contribution in [2.45, 2.75) is 45.1 Å². The first-order chi connectivity index (χ1) is 16.4. The average molecular weight is 463 g/mol. The van der Waals surface area contributed by atoms with Gasteiger partial charge in [0.25, 0.3) is 0 Å². The molecule has 0 fully saturated rings. The SMILES string of the molecule is COc1cc([C@H](O)[C@@H](CCCc2ccccc2)Cc2ccc(CC(=O)O)cc2)cc(OC)c1C. The molecule has 0 amide bonds. The summed E-state index contributed by atoms with van der Waals surface area (Å²) in [6.45, 7) is 1.93. The number of ether oxygens (including phenoxy) is 2. The lowest BCUT2D eigenvalue weighted by molar-refractivity contribution is -0.136. The van der Waals surface area contributed by atoms with Gasteiger partial charge >= 0.3 is 5.97 Å². The number of rotatable bonds is 12. The summed E-state index contributed by atoms with van der Waals surface area (Å²) in [6, 6.07) is 21.8. The van der Waals surface area contributed by atoms with Crippen molar-refractivity contribution in [3.63, 3.8) is 0 Å². The number of benzene rings is 3. The molecule has 2 N–H and O–H groups in total. The maximum absolute atomic E-state index is 11.5. The molecule has 3 aromatic rings. The topological polar surface area (TPSA) is 76.0 Å². The molecule has 0 unspecified atom stereocenters. The van der Waals surface area contributed by atoms with E-state index in [0.717, 1.165) is 41.5 Å². The standard InChI is InChI=1S/C29H34O5/c1-20-26(33-2)18-25(19-27(20)34-3)29(32)24(11-7-10-21-8-5-4-6-9-21)16-22-12-14-23(15-13-22)17-28(30)31/h4-6,8-9,12-15,18-19,24,29,32H,7,10-11,16-17H2,1-3H3,(H,30,31)/t24-,29+/m0/s1. The number of hydrogen-bond acceptors (Lipinski definition) is 4. The van der Waals surface area contributed by atoms with Crippen molar-refractivity contribution >= 4 is 5.97 Å². The summed E-state index contributed by atoms with van der Waals surface area (Å²) in [7, 11) is 3.24. The van der Waals surface area contributed by atoms with E-state index in [2.05, 4.69) is 12.1 Å². The highest BCUT2D eigenvalue weighted by Gasteiger charge is 2.24. The second-order valence-corrected chi connectivity index (χ2v) is 8.72. The molecule has 0 bridgehead atoms. The summed E-state index contributed by atoms with van der Waals surface area (Å²) in [5.74, 6) is 0.513. The van der Waals surface area contributed by atoms with E-state index in [-0.39, 0.29) is 12.3 Å². The molecule has 34 heavy (non-hydrogen) atoms. The highest BCUT2D eigenvalue weighted by molar-refractivity contribution is 5.70. The van der Waals surface area contributed by atoms with Gasteiger partial charge in [-0.05, 0) is 72.9 Å². The molecule has 0 saturated heterocycles.